The fourth-order valence-corrected chi connectivity index (χ4v) is 1.44. The molecule has 0 aliphatic carbocycles. The van der Waals surface area contributed by atoms with E-state index in [0.29, 0.717) is 10.7 Å². The van der Waals surface area contributed by atoms with Crippen molar-refractivity contribution in [3.05, 3.63) is 16.1 Å². The Morgan fingerprint density at radius 1 is 1.83 bits per heavy atom. The molecule has 4 nitrogen and oxygen atoms in total. The summed E-state index contributed by atoms with van der Waals surface area (Å²) in [6.45, 7) is -0.0882. The highest BCUT2D eigenvalue weighted by Crippen LogP contribution is 2.10. The fraction of sp³-hybridized carbons (Fsp3) is 0.429. The number of hydrogen-bond acceptors (Lipinski definition) is 5. The predicted octanol–water partition coefficient (Wildman–Crippen LogP) is 0.465. The van der Waals surface area contributed by atoms with Gasteiger partial charge in [0.1, 0.15) is 6.61 Å². The number of nitrogens with zero attached hydrogens (tertiary/aromatic N) is 1. The summed E-state index contributed by atoms with van der Waals surface area (Å²) in [6.07, 6.45) is 0. The number of aromatic nitrogens is 1. The summed E-state index contributed by atoms with van der Waals surface area (Å²) in [5.74, 6) is -0.151. The van der Waals surface area contributed by atoms with Gasteiger partial charge in [0.05, 0.1) is 12.3 Å². The van der Waals surface area contributed by atoms with E-state index in [1.54, 1.807) is 5.38 Å². The van der Waals surface area contributed by atoms with E-state index in [-0.39, 0.29) is 19.0 Å². The lowest BCUT2D eigenvalue weighted by Gasteiger charge is -1.92. The second-order valence-electron chi connectivity index (χ2n) is 2.16. The maximum Gasteiger partial charge on any atom is 0.216 e. The van der Waals surface area contributed by atoms with Gasteiger partial charge in [-0.25, -0.2) is 4.98 Å². The molecular formula is C7H9NO3S. The molecule has 0 amide bonds. The average molecular weight is 187 g/mol. The molecule has 1 rings (SSSR count). The van der Waals surface area contributed by atoms with E-state index in [1.807, 2.05) is 0 Å². The van der Waals surface area contributed by atoms with Gasteiger partial charge in [0.25, 0.3) is 0 Å². The van der Waals surface area contributed by atoms with Gasteiger partial charge in [-0.1, -0.05) is 0 Å². The van der Waals surface area contributed by atoms with Gasteiger partial charge < -0.3 is 9.84 Å². The van der Waals surface area contributed by atoms with Gasteiger partial charge in [-0.2, -0.15) is 0 Å². The van der Waals surface area contributed by atoms with E-state index in [4.69, 9.17) is 5.11 Å². The zero-order valence-corrected chi connectivity index (χ0v) is 7.43. The van der Waals surface area contributed by atoms with E-state index < -0.39 is 0 Å². The number of ketones is 1. The maximum atomic E-state index is 11.1. The highest BCUT2D eigenvalue weighted by atomic mass is 32.1. The van der Waals surface area contributed by atoms with Gasteiger partial charge in [0, 0.05) is 12.5 Å². The topological polar surface area (TPSA) is 59.4 Å². The second kappa shape index (κ2) is 4.30. The Kier molecular flexibility index (Phi) is 3.33. The minimum absolute atomic E-state index is 0.0401. The Labute approximate surface area is 73.8 Å². The van der Waals surface area contributed by atoms with Crippen LogP contribution in [0.5, 0.6) is 0 Å². The Bertz CT molecular complexity index is 271. The summed E-state index contributed by atoms with van der Waals surface area (Å²) in [5, 5.41) is 10.7. The van der Waals surface area contributed by atoms with Crippen molar-refractivity contribution in [3.8, 4) is 0 Å². The number of rotatable bonds is 4. The van der Waals surface area contributed by atoms with Gasteiger partial charge in [0.15, 0.2) is 5.01 Å². The van der Waals surface area contributed by atoms with E-state index in [9.17, 15) is 4.79 Å². The van der Waals surface area contributed by atoms with Crippen molar-refractivity contribution in [2.24, 2.45) is 0 Å². The van der Waals surface area contributed by atoms with E-state index in [1.165, 1.54) is 18.4 Å². The van der Waals surface area contributed by atoms with E-state index in [0.717, 1.165) is 0 Å². The minimum atomic E-state index is -0.151. The average Bonchev–Trinajstić information content (AvgIpc) is 2.52. The molecule has 0 radical (unpaired) electrons. The SMILES string of the molecule is COCC(=O)c1nc(CO)cs1. The minimum Gasteiger partial charge on any atom is -0.390 e. The molecule has 1 aromatic rings. The summed E-state index contributed by atoms with van der Waals surface area (Å²) in [5.41, 5.74) is 0.527. The first kappa shape index (κ1) is 9.31. The Morgan fingerprint density at radius 2 is 2.58 bits per heavy atom. The number of methoxy groups -OCH3 is 1. The van der Waals surface area contributed by atoms with Gasteiger partial charge in [-0.3, -0.25) is 4.79 Å². The number of ether oxygens (including phenoxy) is 1. The normalized spacial score (nSPS) is 10.2. The van der Waals surface area contributed by atoms with Crippen LogP contribution in [0.4, 0.5) is 0 Å². The molecule has 0 unspecified atom stereocenters. The molecular weight excluding hydrogens is 178 g/mol. The van der Waals surface area contributed by atoms with Crippen LogP contribution in [0.3, 0.4) is 0 Å². The smallest absolute Gasteiger partial charge is 0.216 e. The largest absolute Gasteiger partial charge is 0.390 e. The van der Waals surface area contributed by atoms with Crippen molar-refractivity contribution in [2.75, 3.05) is 13.7 Å². The molecule has 5 heteroatoms. The summed E-state index contributed by atoms with van der Waals surface area (Å²) in [7, 11) is 1.46. The lowest BCUT2D eigenvalue weighted by atomic mass is 10.4. The molecule has 0 aliphatic heterocycles. The third kappa shape index (κ3) is 2.10. The number of hydrogen-bond donors (Lipinski definition) is 1. The summed E-state index contributed by atoms with van der Waals surface area (Å²) in [4.78, 5) is 15.0. The highest BCUT2D eigenvalue weighted by Gasteiger charge is 2.09. The molecule has 0 fully saturated rings. The lowest BCUT2D eigenvalue weighted by molar-refractivity contribution is 0.0847. The van der Waals surface area contributed by atoms with Gasteiger partial charge in [0.2, 0.25) is 5.78 Å². The standard InChI is InChI=1S/C7H9NO3S/c1-11-3-6(10)7-8-5(2-9)4-12-7/h4,9H,2-3H2,1H3. The van der Waals surface area contributed by atoms with Gasteiger partial charge in [-0.05, 0) is 0 Å². The summed E-state index contributed by atoms with van der Waals surface area (Å²) < 4.78 is 4.66. The van der Waals surface area contributed by atoms with Crippen LogP contribution in [0.2, 0.25) is 0 Å². The number of aliphatic hydroxyl groups excluding tert-OH is 1. The zero-order valence-electron chi connectivity index (χ0n) is 6.61. The Morgan fingerprint density at radius 3 is 3.08 bits per heavy atom. The third-order valence-electron chi connectivity index (χ3n) is 1.23. The molecule has 1 heterocycles. The van der Waals surface area contributed by atoms with Gasteiger partial charge in [-0.15, -0.1) is 11.3 Å². The van der Waals surface area contributed by atoms with E-state index >= 15 is 0 Å². The third-order valence-corrected chi connectivity index (χ3v) is 2.16. The molecule has 1 N–H and O–H groups in total. The number of carbonyl (C=O) groups is 1. The van der Waals surface area contributed by atoms with Crippen molar-refractivity contribution < 1.29 is 14.6 Å². The molecule has 0 atom stereocenters. The van der Waals surface area contributed by atoms with Crippen LogP contribution < -0.4 is 0 Å². The van der Waals surface area contributed by atoms with Crippen LogP contribution in [-0.4, -0.2) is 29.6 Å². The van der Waals surface area contributed by atoms with Crippen LogP contribution in [0.25, 0.3) is 0 Å². The Balaban J connectivity index is 2.68. The molecule has 0 spiro atoms. The molecule has 1 aromatic heterocycles. The maximum absolute atomic E-state index is 11.1. The highest BCUT2D eigenvalue weighted by molar-refractivity contribution is 7.11. The van der Waals surface area contributed by atoms with Crippen LogP contribution in [0.1, 0.15) is 15.5 Å². The first-order valence-electron chi connectivity index (χ1n) is 3.35. The first-order valence-corrected chi connectivity index (χ1v) is 4.23. The molecule has 66 valence electrons. The number of thiazole rings is 1. The van der Waals surface area contributed by atoms with Crippen molar-refractivity contribution >= 4 is 17.1 Å². The Hall–Kier alpha value is -0.780. The second-order valence-corrected chi connectivity index (χ2v) is 3.02. The summed E-state index contributed by atoms with van der Waals surface area (Å²) >= 11 is 1.22. The molecule has 12 heavy (non-hydrogen) atoms. The zero-order chi connectivity index (χ0) is 8.97. The monoisotopic (exact) mass is 187 g/mol. The van der Waals surface area contributed by atoms with Crippen LogP contribution in [-0.2, 0) is 11.3 Å². The van der Waals surface area contributed by atoms with Gasteiger partial charge >= 0.3 is 0 Å². The van der Waals surface area contributed by atoms with Crippen molar-refractivity contribution in [1.29, 1.82) is 0 Å². The number of aliphatic hydroxyl groups is 1. The molecule has 0 saturated heterocycles. The number of Topliss-reactive ketones (excluding diaryl/α,β-unsaturated/α-hetero) is 1. The molecule has 0 bridgehead atoms. The predicted molar refractivity (Wildman–Crippen MR) is 44.2 cm³/mol. The summed E-state index contributed by atoms with van der Waals surface area (Å²) in [6, 6.07) is 0. The molecule has 0 aromatic carbocycles. The van der Waals surface area contributed by atoms with Crippen LogP contribution in [0, 0.1) is 0 Å². The van der Waals surface area contributed by atoms with Crippen molar-refractivity contribution in [2.45, 2.75) is 6.61 Å². The van der Waals surface area contributed by atoms with Crippen LogP contribution in [0.15, 0.2) is 5.38 Å². The molecule has 0 saturated carbocycles. The van der Waals surface area contributed by atoms with Crippen molar-refractivity contribution in [1.82, 2.24) is 4.98 Å². The van der Waals surface area contributed by atoms with Crippen LogP contribution >= 0.6 is 11.3 Å². The van der Waals surface area contributed by atoms with Crippen molar-refractivity contribution in [3.63, 3.8) is 0 Å². The quantitative estimate of drug-likeness (QED) is 0.696. The number of carbonyl (C=O) groups excluding carboxylic acids is 1. The van der Waals surface area contributed by atoms with E-state index in [2.05, 4.69) is 9.72 Å². The first-order chi connectivity index (χ1) is 5.77. The molecule has 0 aliphatic rings. The lowest BCUT2D eigenvalue weighted by Crippen LogP contribution is -2.06. The fourth-order valence-electron chi connectivity index (χ4n) is 0.700.